The number of rotatable bonds is 4. The number of nitrogens with zero attached hydrogens (tertiary/aromatic N) is 2. The Morgan fingerprint density at radius 3 is 2.56 bits per heavy atom. The van der Waals surface area contributed by atoms with Gasteiger partial charge in [-0.05, 0) is 32.8 Å². The van der Waals surface area contributed by atoms with Crippen LogP contribution < -0.4 is 5.73 Å². The van der Waals surface area contributed by atoms with Crippen LogP contribution in [0.2, 0.25) is 0 Å². The Hall–Kier alpha value is -1.55. The molecule has 18 heavy (non-hydrogen) atoms. The minimum absolute atomic E-state index is 0.0131. The lowest BCUT2D eigenvalue weighted by Crippen LogP contribution is -2.14. The molecule has 0 aliphatic carbocycles. The van der Waals surface area contributed by atoms with E-state index in [1.165, 1.54) is 5.56 Å². The molecular formula is C14H21N3O. The van der Waals surface area contributed by atoms with Crippen LogP contribution >= 0.6 is 0 Å². The number of furan rings is 1. The SMILES string of the molecule is Cc1oc(C)c(C(N)CCc2nccn2C)c1C. The molecule has 0 amide bonds. The van der Waals surface area contributed by atoms with Crippen molar-refractivity contribution in [3.63, 3.8) is 0 Å². The summed E-state index contributed by atoms with van der Waals surface area (Å²) in [6, 6.07) is 0.0131. The number of nitrogens with two attached hydrogens (primary N) is 1. The van der Waals surface area contributed by atoms with E-state index in [9.17, 15) is 0 Å². The van der Waals surface area contributed by atoms with Gasteiger partial charge >= 0.3 is 0 Å². The second kappa shape index (κ2) is 4.98. The molecule has 2 N–H and O–H groups in total. The summed E-state index contributed by atoms with van der Waals surface area (Å²) in [6.07, 6.45) is 5.54. The predicted molar refractivity (Wildman–Crippen MR) is 71.4 cm³/mol. The first-order chi connectivity index (χ1) is 8.50. The van der Waals surface area contributed by atoms with Crippen molar-refractivity contribution in [1.82, 2.24) is 9.55 Å². The van der Waals surface area contributed by atoms with Gasteiger partial charge in [-0.15, -0.1) is 0 Å². The van der Waals surface area contributed by atoms with E-state index in [1.807, 2.05) is 37.9 Å². The van der Waals surface area contributed by atoms with E-state index in [-0.39, 0.29) is 6.04 Å². The summed E-state index contributed by atoms with van der Waals surface area (Å²) in [5.41, 5.74) is 8.61. The quantitative estimate of drug-likeness (QED) is 0.903. The third kappa shape index (κ3) is 2.34. The molecule has 1 unspecified atom stereocenters. The lowest BCUT2D eigenvalue weighted by atomic mass is 9.99. The Morgan fingerprint density at radius 2 is 2.06 bits per heavy atom. The smallest absolute Gasteiger partial charge is 0.108 e. The van der Waals surface area contributed by atoms with Crippen LogP contribution in [-0.2, 0) is 13.5 Å². The van der Waals surface area contributed by atoms with E-state index in [0.29, 0.717) is 0 Å². The van der Waals surface area contributed by atoms with E-state index in [0.717, 1.165) is 35.7 Å². The highest BCUT2D eigenvalue weighted by Crippen LogP contribution is 2.28. The Kier molecular flexibility index (Phi) is 3.57. The van der Waals surface area contributed by atoms with Crippen LogP contribution in [0.4, 0.5) is 0 Å². The zero-order valence-electron chi connectivity index (χ0n) is 11.5. The Bertz CT molecular complexity index is 539. The van der Waals surface area contributed by atoms with Gasteiger partial charge in [-0.2, -0.15) is 0 Å². The van der Waals surface area contributed by atoms with E-state index in [4.69, 9.17) is 10.2 Å². The minimum atomic E-state index is 0.0131. The molecule has 0 saturated carbocycles. The Balaban J connectivity index is 2.08. The molecule has 2 aromatic rings. The monoisotopic (exact) mass is 247 g/mol. The number of hydrogen-bond acceptors (Lipinski definition) is 3. The van der Waals surface area contributed by atoms with Crippen molar-refractivity contribution in [3.8, 4) is 0 Å². The molecule has 0 aliphatic heterocycles. The normalized spacial score (nSPS) is 12.9. The van der Waals surface area contributed by atoms with Crippen molar-refractivity contribution in [2.45, 2.75) is 39.7 Å². The van der Waals surface area contributed by atoms with Crippen molar-refractivity contribution in [2.24, 2.45) is 12.8 Å². The van der Waals surface area contributed by atoms with Gasteiger partial charge in [0.05, 0.1) is 0 Å². The topological polar surface area (TPSA) is 57.0 Å². The van der Waals surface area contributed by atoms with Crippen LogP contribution in [0.3, 0.4) is 0 Å². The fourth-order valence-electron chi connectivity index (χ4n) is 2.42. The predicted octanol–water partition coefficient (Wildman–Crippen LogP) is 2.57. The highest BCUT2D eigenvalue weighted by atomic mass is 16.3. The molecule has 0 saturated heterocycles. The first-order valence-electron chi connectivity index (χ1n) is 6.29. The van der Waals surface area contributed by atoms with Crippen molar-refractivity contribution >= 4 is 0 Å². The van der Waals surface area contributed by atoms with Crippen LogP contribution in [0.1, 0.15) is 40.9 Å². The first kappa shape index (κ1) is 12.9. The Morgan fingerprint density at radius 1 is 1.33 bits per heavy atom. The van der Waals surface area contributed by atoms with Gasteiger partial charge in [-0.3, -0.25) is 0 Å². The van der Waals surface area contributed by atoms with Crippen LogP contribution in [0.15, 0.2) is 16.8 Å². The van der Waals surface area contributed by atoms with E-state index in [2.05, 4.69) is 11.9 Å². The largest absolute Gasteiger partial charge is 0.466 e. The third-order valence-corrected chi connectivity index (χ3v) is 3.59. The summed E-state index contributed by atoms with van der Waals surface area (Å²) < 4.78 is 7.66. The zero-order chi connectivity index (χ0) is 13.3. The molecule has 1 atom stereocenters. The molecule has 0 fully saturated rings. The Labute approximate surface area is 108 Å². The van der Waals surface area contributed by atoms with Gasteiger partial charge in [0.2, 0.25) is 0 Å². The van der Waals surface area contributed by atoms with Gasteiger partial charge in [-0.25, -0.2) is 4.98 Å². The van der Waals surface area contributed by atoms with Gasteiger partial charge in [0.15, 0.2) is 0 Å². The lowest BCUT2D eigenvalue weighted by molar-refractivity contribution is 0.493. The fourth-order valence-corrected chi connectivity index (χ4v) is 2.42. The van der Waals surface area contributed by atoms with Crippen LogP contribution in [-0.4, -0.2) is 9.55 Å². The van der Waals surface area contributed by atoms with E-state index >= 15 is 0 Å². The molecule has 2 rings (SSSR count). The standard InChI is InChI=1S/C14H21N3O/c1-9-10(2)18-11(3)14(9)12(15)5-6-13-16-7-8-17(13)4/h7-8,12H,5-6,15H2,1-4H3. The summed E-state index contributed by atoms with van der Waals surface area (Å²) in [5, 5.41) is 0. The van der Waals surface area contributed by atoms with Crippen molar-refractivity contribution in [2.75, 3.05) is 0 Å². The van der Waals surface area contributed by atoms with Crippen molar-refractivity contribution in [1.29, 1.82) is 0 Å². The van der Waals surface area contributed by atoms with Crippen molar-refractivity contribution < 1.29 is 4.42 Å². The molecule has 4 heteroatoms. The van der Waals surface area contributed by atoms with Gasteiger partial charge in [-0.1, -0.05) is 0 Å². The summed E-state index contributed by atoms with van der Waals surface area (Å²) in [6.45, 7) is 6.04. The highest BCUT2D eigenvalue weighted by Gasteiger charge is 2.18. The summed E-state index contributed by atoms with van der Waals surface area (Å²) >= 11 is 0. The van der Waals surface area contributed by atoms with Gasteiger partial charge in [0.1, 0.15) is 17.3 Å². The molecular weight excluding hydrogens is 226 g/mol. The summed E-state index contributed by atoms with van der Waals surface area (Å²) in [7, 11) is 2.01. The minimum Gasteiger partial charge on any atom is -0.466 e. The van der Waals surface area contributed by atoms with Gasteiger partial charge in [0.25, 0.3) is 0 Å². The fraction of sp³-hybridized carbons (Fsp3) is 0.500. The second-order valence-corrected chi connectivity index (χ2v) is 4.85. The summed E-state index contributed by atoms with van der Waals surface area (Å²) in [4.78, 5) is 4.32. The average Bonchev–Trinajstić information content (AvgIpc) is 2.81. The average molecular weight is 247 g/mol. The van der Waals surface area contributed by atoms with E-state index < -0.39 is 0 Å². The molecule has 98 valence electrons. The number of aryl methyl sites for hydroxylation is 4. The molecule has 2 heterocycles. The molecule has 4 nitrogen and oxygen atoms in total. The molecule has 0 aromatic carbocycles. The molecule has 0 spiro atoms. The number of hydrogen-bond donors (Lipinski definition) is 1. The van der Waals surface area contributed by atoms with Crippen LogP contribution in [0.25, 0.3) is 0 Å². The van der Waals surface area contributed by atoms with Gasteiger partial charge in [0, 0.05) is 37.5 Å². The van der Waals surface area contributed by atoms with Crippen molar-refractivity contribution in [3.05, 3.63) is 40.9 Å². The highest BCUT2D eigenvalue weighted by molar-refractivity contribution is 5.34. The van der Waals surface area contributed by atoms with Gasteiger partial charge < -0.3 is 14.7 Å². The molecule has 0 bridgehead atoms. The zero-order valence-corrected chi connectivity index (χ0v) is 11.5. The molecule has 0 radical (unpaired) electrons. The summed E-state index contributed by atoms with van der Waals surface area (Å²) in [5.74, 6) is 2.98. The molecule has 0 aliphatic rings. The second-order valence-electron chi connectivity index (χ2n) is 4.85. The molecule has 2 aromatic heterocycles. The first-order valence-corrected chi connectivity index (χ1v) is 6.29. The maximum Gasteiger partial charge on any atom is 0.108 e. The van der Waals surface area contributed by atoms with E-state index in [1.54, 1.807) is 0 Å². The van der Waals surface area contributed by atoms with Crippen LogP contribution in [0.5, 0.6) is 0 Å². The third-order valence-electron chi connectivity index (χ3n) is 3.59. The number of aromatic nitrogens is 2. The number of imidazole rings is 1. The maximum atomic E-state index is 6.28. The van der Waals surface area contributed by atoms with Crippen LogP contribution in [0, 0.1) is 20.8 Å². The lowest BCUT2D eigenvalue weighted by Gasteiger charge is -2.12. The maximum absolute atomic E-state index is 6.28.